The molecule has 5 heteroatoms. The van der Waals surface area contributed by atoms with E-state index in [9.17, 15) is 4.79 Å². The Morgan fingerprint density at radius 1 is 1.45 bits per heavy atom. The van der Waals surface area contributed by atoms with E-state index >= 15 is 0 Å². The van der Waals surface area contributed by atoms with E-state index in [1.165, 1.54) is 0 Å². The fraction of sp³-hybridized carbons (Fsp3) is 0.533. The molecule has 0 atom stereocenters. The smallest absolute Gasteiger partial charge is 0.222 e. The van der Waals surface area contributed by atoms with E-state index < -0.39 is 0 Å². The molecule has 0 aliphatic carbocycles. The highest BCUT2D eigenvalue weighted by molar-refractivity contribution is 9.10. The Morgan fingerprint density at radius 3 is 2.75 bits per heavy atom. The summed E-state index contributed by atoms with van der Waals surface area (Å²) in [6.45, 7) is 3.39. The maximum Gasteiger partial charge on any atom is 0.222 e. The number of hydrogen-bond donors (Lipinski definition) is 1. The minimum atomic E-state index is 0.120. The fourth-order valence-corrected chi connectivity index (χ4v) is 2.58. The van der Waals surface area contributed by atoms with Crippen molar-refractivity contribution in [1.82, 2.24) is 4.90 Å². The predicted octanol–water partition coefficient (Wildman–Crippen LogP) is 2.62. The third kappa shape index (κ3) is 5.13. The first kappa shape index (κ1) is 17.0. The van der Waals surface area contributed by atoms with Crippen LogP contribution in [0.2, 0.25) is 0 Å². The summed E-state index contributed by atoms with van der Waals surface area (Å²) in [5.41, 5.74) is 1.10. The zero-order valence-electron chi connectivity index (χ0n) is 12.1. The lowest BCUT2D eigenvalue weighted by molar-refractivity contribution is -0.131. The van der Waals surface area contributed by atoms with Gasteiger partial charge in [0, 0.05) is 26.1 Å². The van der Waals surface area contributed by atoms with Crippen LogP contribution in [0.5, 0.6) is 5.75 Å². The first-order valence-electron chi connectivity index (χ1n) is 6.83. The molecule has 0 radical (unpaired) electrons. The van der Waals surface area contributed by atoms with Gasteiger partial charge in [-0.1, -0.05) is 6.07 Å². The molecule has 0 aromatic heterocycles. The van der Waals surface area contributed by atoms with Gasteiger partial charge in [0.05, 0.1) is 11.6 Å². The average Bonchev–Trinajstić information content (AvgIpc) is 2.46. The van der Waals surface area contributed by atoms with E-state index in [1.54, 1.807) is 12.0 Å². The Morgan fingerprint density at radius 2 is 2.20 bits per heavy atom. The second-order valence-electron chi connectivity index (χ2n) is 4.52. The number of benzene rings is 1. The van der Waals surface area contributed by atoms with Crippen LogP contribution < -0.4 is 4.74 Å². The van der Waals surface area contributed by atoms with Crippen molar-refractivity contribution in [2.45, 2.75) is 26.2 Å². The summed E-state index contributed by atoms with van der Waals surface area (Å²) in [6, 6.07) is 5.85. The van der Waals surface area contributed by atoms with Gasteiger partial charge in [0.1, 0.15) is 5.75 Å². The van der Waals surface area contributed by atoms with Crippen molar-refractivity contribution in [3.63, 3.8) is 0 Å². The molecule has 1 N–H and O–H groups in total. The molecule has 1 rings (SSSR count). The van der Waals surface area contributed by atoms with Crippen LogP contribution in [0.4, 0.5) is 0 Å². The number of halogens is 1. The van der Waals surface area contributed by atoms with Crippen LogP contribution in [0.3, 0.4) is 0 Å². The molecule has 0 spiro atoms. The SMILES string of the molecule is CCN(CCCO)C(=O)CCc1ccc(OC)c(Br)c1. The molecule has 20 heavy (non-hydrogen) atoms. The number of carbonyl (C=O) groups is 1. The minimum absolute atomic E-state index is 0.120. The largest absolute Gasteiger partial charge is 0.496 e. The molecule has 0 aliphatic rings. The van der Waals surface area contributed by atoms with Crippen LogP contribution in [-0.2, 0) is 11.2 Å². The third-order valence-corrected chi connectivity index (χ3v) is 3.78. The topological polar surface area (TPSA) is 49.8 Å². The number of rotatable bonds is 8. The molecule has 1 amide bonds. The molecule has 1 aromatic carbocycles. The molecule has 0 saturated carbocycles. The molecule has 0 heterocycles. The van der Waals surface area contributed by atoms with E-state index in [1.807, 2.05) is 25.1 Å². The first-order chi connectivity index (χ1) is 9.62. The fourth-order valence-electron chi connectivity index (χ4n) is 2.00. The second kappa shape index (κ2) is 8.97. The number of amides is 1. The molecule has 0 bridgehead atoms. The number of hydrogen-bond acceptors (Lipinski definition) is 3. The average molecular weight is 344 g/mol. The zero-order valence-corrected chi connectivity index (χ0v) is 13.6. The number of ether oxygens (including phenoxy) is 1. The van der Waals surface area contributed by atoms with Gasteiger partial charge in [0.15, 0.2) is 0 Å². The lowest BCUT2D eigenvalue weighted by Gasteiger charge is -2.20. The molecule has 0 saturated heterocycles. The maximum atomic E-state index is 12.1. The van der Waals surface area contributed by atoms with Crippen LogP contribution in [0.15, 0.2) is 22.7 Å². The summed E-state index contributed by atoms with van der Waals surface area (Å²) in [6.07, 6.45) is 1.82. The highest BCUT2D eigenvalue weighted by atomic mass is 79.9. The lowest BCUT2D eigenvalue weighted by Crippen LogP contribution is -2.32. The van der Waals surface area contributed by atoms with Crippen molar-refractivity contribution in [1.29, 1.82) is 0 Å². The van der Waals surface area contributed by atoms with E-state index in [2.05, 4.69) is 15.9 Å². The molecular weight excluding hydrogens is 322 g/mol. The van der Waals surface area contributed by atoms with E-state index in [4.69, 9.17) is 9.84 Å². The summed E-state index contributed by atoms with van der Waals surface area (Å²) >= 11 is 3.44. The van der Waals surface area contributed by atoms with Crippen LogP contribution in [-0.4, -0.2) is 42.7 Å². The Kier molecular flexibility index (Phi) is 7.62. The number of nitrogens with zero attached hydrogens (tertiary/aromatic N) is 1. The van der Waals surface area contributed by atoms with Crippen molar-refractivity contribution >= 4 is 21.8 Å². The van der Waals surface area contributed by atoms with E-state index in [-0.39, 0.29) is 12.5 Å². The summed E-state index contributed by atoms with van der Waals surface area (Å²) < 4.78 is 6.08. The van der Waals surface area contributed by atoms with Gasteiger partial charge in [0.25, 0.3) is 0 Å². The second-order valence-corrected chi connectivity index (χ2v) is 5.37. The van der Waals surface area contributed by atoms with Gasteiger partial charge in [-0.3, -0.25) is 4.79 Å². The summed E-state index contributed by atoms with van der Waals surface area (Å²) in [4.78, 5) is 13.9. The molecule has 0 unspecified atom stereocenters. The third-order valence-electron chi connectivity index (χ3n) is 3.16. The van der Waals surface area contributed by atoms with Crippen LogP contribution in [0.25, 0.3) is 0 Å². The van der Waals surface area contributed by atoms with Crippen LogP contribution in [0, 0.1) is 0 Å². The van der Waals surface area contributed by atoms with Gasteiger partial charge >= 0.3 is 0 Å². The molecule has 0 fully saturated rings. The van der Waals surface area contributed by atoms with Crippen LogP contribution in [0.1, 0.15) is 25.3 Å². The highest BCUT2D eigenvalue weighted by Crippen LogP contribution is 2.26. The number of aryl methyl sites for hydroxylation is 1. The minimum Gasteiger partial charge on any atom is -0.496 e. The molecular formula is C15H22BrNO3. The number of aliphatic hydroxyl groups is 1. The van der Waals surface area contributed by atoms with Gasteiger partial charge < -0.3 is 14.7 Å². The van der Waals surface area contributed by atoms with Crippen LogP contribution >= 0.6 is 15.9 Å². The summed E-state index contributed by atoms with van der Waals surface area (Å²) in [5.74, 6) is 0.922. The lowest BCUT2D eigenvalue weighted by atomic mass is 10.1. The van der Waals surface area contributed by atoms with E-state index in [0.717, 1.165) is 15.8 Å². The van der Waals surface area contributed by atoms with E-state index in [0.29, 0.717) is 32.4 Å². The van der Waals surface area contributed by atoms with Crippen molar-refractivity contribution in [3.8, 4) is 5.75 Å². The zero-order chi connectivity index (χ0) is 15.0. The van der Waals surface area contributed by atoms with Crippen molar-refractivity contribution in [2.24, 2.45) is 0 Å². The van der Waals surface area contributed by atoms with Crippen molar-refractivity contribution in [3.05, 3.63) is 28.2 Å². The van der Waals surface area contributed by atoms with Crippen molar-refractivity contribution < 1.29 is 14.6 Å². The van der Waals surface area contributed by atoms with Gasteiger partial charge in [0.2, 0.25) is 5.91 Å². The quantitative estimate of drug-likeness (QED) is 0.789. The van der Waals surface area contributed by atoms with Crippen molar-refractivity contribution in [2.75, 3.05) is 26.8 Å². The Hall–Kier alpha value is -1.07. The molecule has 0 aliphatic heterocycles. The Bertz CT molecular complexity index is 437. The Balaban J connectivity index is 2.53. The van der Waals surface area contributed by atoms with Gasteiger partial charge in [-0.2, -0.15) is 0 Å². The van der Waals surface area contributed by atoms with Gasteiger partial charge in [-0.05, 0) is 53.4 Å². The molecule has 4 nitrogen and oxygen atoms in total. The standard InChI is InChI=1S/C15H22BrNO3/c1-3-17(9-4-10-18)15(19)8-6-12-5-7-14(20-2)13(16)11-12/h5,7,11,18H,3-4,6,8-10H2,1-2H3. The Labute approximate surface area is 128 Å². The molecule has 1 aromatic rings. The monoisotopic (exact) mass is 343 g/mol. The van der Waals surface area contributed by atoms with Gasteiger partial charge in [-0.15, -0.1) is 0 Å². The number of aliphatic hydroxyl groups excluding tert-OH is 1. The highest BCUT2D eigenvalue weighted by Gasteiger charge is 2.11. The summed E-state index contributed by atoms with van der Waals surface area (Å²) in [7, 11) is 1.63. The number of methoxy groups -OCH3 is 1. The number of carbonyl (C=O) groups excluding carboxylic acids is 1. The predicted molar refractivity (Wildman–Crippen MR) is 83.0 cm³/mol. The summed E-state index contributed by atoms with van der Waals surface area (Å²) in [5, 5.41) is 8.83. The normalized spacial score (nSPS) is 10.4. The maximum absolute atomic E-state index is 12.1. The first-order valence-corrected chi connectivity index (χ1v) is 7.62. The molecule has 112 valence electrons. The van der Waals surface area contributed by atoms with Gasteiger partial charge in [-0.25, -0.2) is 0 Å².